The second-order valence-corrected chi connectivity index (χ2v) is 25.1. The number of furan rings is 1. The largest absolute Gasteiger partial charge is 0.456 e. The maximum atomic E-state index is 5.95. The summed E-state index contributed by atoms with van der Waals surface area (Å²) >= 11 is 1.88. The Hall–Kier alpha value is -9.82. The molecule has 16 rings (SSSR count). The Morgan fingerprint density at radius 1 is 0.264 bits per heavy atom. The highest BCUT2D eigenvalue weighted by atomic mass is 32.1. The number of hydrogen-bond acceptors (Lipinski definition) is 2. The molecule has 9 aromatic carbocycles. The summed E-state index contributed by atoms with van der Waals surface area (Å²) < 4.78 is 19.7. The van der Waals surface area contributed by atoms with E-state index in [1.54, 1.807) is 0 Å². The third-order valence-corrected chi connectivity index (χ3v) is 19.7. The molecule has 7 heteroatoms. The second-order valence-electron chi connectivity index (χ2n) is 24.0. The van der Waals surface area contributed by atoms with E-state index < -0.39 is 0 Å². The Balaban J connectivity index is 0.000000459. The Bertz CT molecular complexity index is 5200. The number of nitrogens with zero attached hydrogens (tertiary/aromatic N) is 5. The van der Waals surface area contributed by atoms with Crippen LogP contribution < -0.4 is 18.3 Å². The van der Waals surface area contributed by atoms with Gasteiger partial charge in [0.05, 0.1) is 10.8 Å². The van der Waals surface area contributed by atoms with Gasteiger partial charge in [0.1, 0.15) is 39.4 Å². The van der Waals surface area contributed by atoms with Gasteiger partial charge >= 0.3 is 0 Å². The number of para-hydroxylation sites is 2. The number of aromatic nitrogens is 5. The third kappa shape index (κ3) is 21.4. The summed E-state index contributed by atoms with van der Waals surface area (Å²) in [6.45, 7) is 61.8. The monoisotopic (exact) mass is 1500 g/mol. The van der Waals surface area contributed by atoms with Crippen molar-refractivity contribution in [2.24, 2.45) is 35.2 Å². The van der Waals surface area contributed by atoms with Crippen LogP contribution in [-0.4, -0.2) is 4.57 Å². The lowest BCUT2D eigenvalue weighted by Crippen LogP contribution is -2.30. The van der Waals surface area contributed by atoms with E-state index in [1.807, 2.05) is 182 Å². The van der Waals surface area contributed by atoms with Crippen LogP contribution in [0.4, 0.5) is 0 Å². The van der Waals surface area contributed by atoms with Gasteiger partial charge in [-0.1, -0.05) is 225 Å². The number of hydrogen-bond donors (Lipinski definition) is 0. The average Bonchev–Trinajstić information content (AvgIpc) is 1.12. The molecule has 0 fully saturated rings. The molecule has 16 aromatic rings. The van der Waals surface area contributed by atoms with E-state index in [0.29, 0.717) is 0 Å². The molecule has 0 aliphatic carbocycles. The molecular weight excluding hydrogens is 1360 g/mol. The molecule has 0 saturated carbocycles. The van der Waals surface area contributed by atoms with Crippen LogP contribution in [-0.2, 0) is 35.2 Å². The van der Waals surface area contributed by atoms with E-state index in [-0.39, 0.29) is 0 Å². The molecule has 0 unspecified atom stereocenters. The van der Waals surface area contributed by atoms with E-state index in [4.69, 9.17) is 4.42 Å². The van der Waals surface area contributed by atoms with Crippen molar-refractivity contribution in [3.05, 3.63) is 263 Å². The first-order valence-electron chi connectivity index (χ1n) is 41.4. The van der Waals surface area contributed by atoms with Crippen LogP contribution in [0.15, 0.2) is 223 Å². The SMILES string of the molecule is CC.CC.CC.CC.CC.CC.CC.CC.CC.CC.CC.Cc1c(C)c(C)c2c3ccc[n+](C)c3c3c(C)cccc3c2c1C.Cc1cc2c(cc1-c1cccc[n+]1C)c1ccccc1n2C.Cc1cc2oc3ccccc3c2cc1-c1cccc[n+]1C.Cc1cc2sc3ccccc3c2cc1-c1cccc[n+]1C. The van der Waals surface area contributed by atoms with Gasteiger partial charge in [-0.15, -0.1) is 11.3 Å². The standard InChI is InChI=1S/C23H24N.C20H19N2.C19H16NO.C19H16NS.11C2H6/c1-13-9-7-10-18-20(13)23-19(11-8-12-24(23)6)22-17(5)15(3)14(2)16(4)21(18)22;1-14-12-20-17(15-8-4-5-10-19(15)22(20)3)13-16(14)18-9-6-7-11-21(18)2;2*1-13-11-19-16(14-7-3-4-9-18(14)21-19)12-15(13)17-8-5-6-10-20(17)2;11*1-2/h7-12H,1-6H3;4-13H,1-3H3;2*3-12H,1-2H3;11*1-2H3/q4*+1;;;;;;;;;;;. The first-order valence-corrected chi connectivity index (χ1v) is 42.3. The smallest absolute Gasteiger partial charge is 0.221 e. The second kappa shape index (κ2) is 49.4. The molecule has 586 valence electrons. The fraction of sp³-hybridized carbons (Fsp3) is 0.340. The molecule has 0 bridgehead atoms. The summed E-state index contributed by atoms with van der Waals surface area (Å²) in [6.07, 6.45) is 8.43. The maximum absolute atomic E-state index is 5.95. The van der Waals surface area contributed by atoms with Crippen LogP contribution in [0, 0.1) is 55.4 Å². The molecule has 0 N–H and O–H groups in total. The van der Waals surface area contributed by atoms with E-state index in [1.165, 1.54) is 163 Å². The first-order chi connectivity index (χ1) is 53.6. The zero-order valence-electron chi connectivity index (χ0n) is 74.8. The molecule has 0 spiro atoms. The van der Waals surface area contributed by atoms with Crippen LogP contribution in [0.25, 0.3) is 130 Å². The highest BCUT2D eigenvalue weighted by Crippen LogP contribution is 2.42. The number of thiophene rings is 1. The molecule has 0 amide bonds. The Kier molecular flexibility index (Phi) is 43.2. The van der Waals surface area contributed by atoms with Crippen molar-refractivity contribution in [2.45, 2.75) is 208 Å². The highest BCUT2D eigenvalue weighted by Gasteiger charge is 2.23. The molecule has 110 heavy (non-hydrogen) atoms. The predicted octanol–water partition coefficient (Wildman–Crippen LogP) is 30.2. The topological polar surface area (TPSA) is 33.6 Å². The summed E-state index contributed by atoms with van der Waals surface area (Å²) in [5.74, 6) is 0. The molecule has 0 radical (unpaired) electrons. The van der Waals surface area contributed by atoms with Crippen molar-refractivity contribution in [3.8, 4) is 33.8 Å². The summed E-state index contributed by atoms with van der Waals surface area (Å²) in [4.78, 5) is 0. The highest BCUT2D eigenvalue weighted by molar-refractivity contribution is 7.25. The van der Waals surface area contributed by atoms with Gasteiger partial charge in [-0.05, 0) is 195 Å². The van der Waals surface area contributed by atoms with Gasteiger partial charge in [0.2, 0.25) is 22.6 Å². The lowest BCUT2D eigenvalue weighted by molar-refractivity contribution is -0.660. The van der Waals surface area contributed by atoms with Crippen LogP contribution >= 0.6 is 11.3 Å². The van der Waals surface area contributed by atoms with Gasteiger partial charge in [0, 0.05) is 119 Å². The predicted molar refractivity (Wildman–Crippen MR) is 496 cm³/mol. The normalized spacial score (nSPS) is 9.77. The van der Waals surface area contributed by atoms with Crippen LogP contribution in [0.5, 0.6) is 0 Å². The minimum absolute atomic E-state index is 0.946. The average molecular weight is 1500 g/mol. The van der Waals surface area contributed by atoms with Crippen molar-refractivity contribution in [1.29, 1.82) is 0 Å². The van der Waals surface area contributed by atoms with Crippen LogP contribution in [0.1, 0.15) is 197 Å². The molecule has 0 atom stereocenters. The summed E-state index contributed by atoms with van der Waals surface area (Å²) in [6, 6.07) is 69.3. The van der Waals surface area contributed by atoms with Crippen molar-refractivity contribution < 1.29 is 22.7 Å². The molecule has 0 aliphatic heterocycles. The maximum Gasteiger partial charge on any atom is 0.221 e. The Labute approximate surface area is 670 Å². The van der Waals surface area contributed by atoms with Gasteiger partial charge in [0.15, 0.2) is 24.8 Å². The fourth-order valence-corrected chi connectivity index (χ4v) is 14.8. The molecule has 0 saturated heterocycles. The molecular formula is C103H141N5OS+4. The van der Waals surface area contributed by atoms with Gasteiger partial charge in [-0.2, -0.15) is 0 Å². The lowest BCUT2D eigenvalue weighted by Gasteiger charge is -2.18. The van der Waals surface area contributed by atoms with Crippen molar-refractivity contribution in [1.82, 2.24) is 4.57 Å². The number of aryl methyl sites for hydroxylation is 11. The summed E-state index contributed by atoms with van der Waals surface area (Å²) in [5.41, 5.74) is 24.2. The van der Waals surface area contributed by atoms with E-state index in [9.17, 15) is 0 Å². The number of rotatable bonds is 3. The van der Waals surface area contributed by atoms with Crippen molar-refractivity contribution in [2.75, 3.05) is 0 Å². The van der Waals surface area contributed by atoms with Crippen molar-refractivity contribution >= 4 is 108 Å². The van der Waals surface area contributed by atoms with Gasteiger partial charge in [0.25, 0.3) is 0 Å². The van der Waals surface area contributed by atoms with E-state index >= 15 is 0 Å². The van der Waals surface area contributed by atoms with E-state index in [2.05, 4.69) is 314 Å². The van der Waals surface area contributed by atoms with E-state index in [0.717, 1.165) is 11.2 Å². The van der Waals surface area contributed by atoms with Crippen LogP contribution in [0.3, 0.4) is 0 Å². The summed E-state index contributed by atoms with van der Waals surface area (Å²) in [5, 5.41) is 14.7. The lowest BCUT2D eigenvalue weighted by atomic mass is 9.85. The molecule has 6 nitrogen and oxygen atoms in total. The van der Waals surface area contributed by atoms with Gasteiger partial charge in [-0.3, -0.25) is 0 Å². The molecule has 7 heterocycles. The summed E-state index contributed by atoms with van der Waals surface area (Å²) in [7, 11) is 10.6. The number of benzene rings is 9. The Morgan fingerprint density at radius 2 is 0.655 bits per heavy atom. The minimum Gasteiger partial charge on any atom is -0.456 e. The van der Waals surface area contributed by atoms with Gasteiger partial charge in [-0.25, -0.2) is 18.3 Å². The van der Waals surface area contributed by atoms with Crippen LogP contribution in [0.2, 0.25) is 0 Å². The zero-order chi connectivity index (χ0) is 83.2. The third-order valence-electron chi connectivity index (χ3n) is 18.6. The fourth-order valence-electron chi connectivity index (χ4n) is 13.6. The minimum atomic E-state index is 0.946. The number of fused-ring (bicyclic) bond motifs is 15. The van der Waals surface area contributed by atoms with Crippen molar-refractivity contribution in [3.63, 3.8) is 0 Å². The Morgan fingerprint density at radius 3 is 1.16 bits per heavy atom. The quantitative estimate of drug-likeness (QED) is 0.128. The zero-order valence-corrected chi connectivity index (χ0v) is 75.7. The first kappa shape index (κ1) is 96.3. The number of pyridine rings is 4. The molecule has 0 aliphatic rings. The van der Waals surface area contributed by atoms with Gasteiger partial charge < -0.3 is 8.98 Å². The molecule has 7 aromatic heterocycles.